The molecule has 1 fully saturated rings. The molecule has 35 heavy (non-hydrogen) atoms. The molecule has 1 saturated heterocycles. The van der Waals surface area contributed by atoms with Crippen molar-refractivity contribution in [1.82, 2.24) is 25.0 Å². The number of fused-ring (bicyclic) bond motifs is 2. The summed E-state index contributed by atoms with van der Waals surface area (Å²) in [6.45, 7) is 13.0. The lowest BCUT2D eigenvalue weighted by Crippen LogP contribution is -2.55. The molecule has 0 bridgehead atoms. The summed E-state index contributed by atoms with van der Waals surface area (Å²) in [5, 5.41) is 4.12. The van der Waals surface area contributed by atoms with Gasteiger partial charge >= 0.3 is 6.03 Å². The summed E-state index contributed by atoms with van der Waals surface area (Å²) in [5.74, 6) is -0.0889. The molecule has 3 atom stereocenters. The summed E-state index contributed by atoms with van der Waals surface area (Å²) < 4.78 is 0. The lowest BCUT2D eigenvalue weighted by Gasteiger charge is -2.47. The van der Waals surface area contributed by atoms with Crippen molar-refractivity contribution >= 4 is 28.9 Å². The maximum absolute atomic E-state index is 13.8. The number of hydrogen-bond donors (Lipinski definition) is 2. The second kappa shape index (κ2) is 10.8. The first kappa shape index (κ1) is 25.2. The summed E-state index contributed by atoms with van der Waals surface area (Å²) in [6.07, 6.45) is 6.24. The van der Waals surface area contributed by atoms with E-state index in [2.05, 4.69) is 51.5 Å². The minimum Gasteiger partial charge on any atom is -0.355 e. The molecule has 1 aliphatic heterocycles. The number of aromatic amines is 1. The van der Waals surface area contributed by atoms with E-state index in [9.17, 15) is 9.59 Å². The van der Waals surface area contributed by atoms with Gasteiger partial charge in [-0.25, -0.2) is 4.79 Å². The Morgan fingerprint density at radius 2 is 2.06 bits per heavy atom. The Labute approximate surface area is 208 Å². The minimum atomic E-state index is -0.289. The number of rotatable bonds is 9. The van der Waals surface area contributed by atoms with Crippen LogP contribution in [0.15, 0.2) is 37.4 Å². The van der Waals surface area contributed by atoms with Crippen molar-refractivity contribution in [3.05, 3.63) is 54.3 Å². The van der Waals surface area contributed by atoms with Gasteiger partial charge in [-0.1, -0.05) is 24.8 Å². The molecule has 2 N–H and O–H groups in total. The lowest BCUT2D eigenvalue weighted by molar-refractivity contribution is -0.135. The second-order valence-electron chi connectivity index (χ2n) is 10.0. The van der Waals surface area contributed by atoms with Gasteiger partial charge in [-0.05, 0) is 70.1 Å². The molecule has 1 unspecified atom stereocenters. The Morgan fingerprint density at radius 1 is 1.26 bits per heavy atom. The van der Waals surface area contributed by atoms with E-state index in [1.54, 1.807) is 0 Å². The van der Waals surface area contributed by atoms with Crippen LogP contribution in [-0.4, -0.2) is 84.5 Å². The molecule has 0 radical (unpaired) electrons. The van der Waals surface area contributed by atoms with Gasteiger partial charge < -0.3 is 15.2 Å². The smallest absolute Gasteiger partial charge is 0.324 e. The van der Waals surface area contributed by atoms with E-state index < -0.39 is 0 Å². The van der Waals surface area contributed by atoms with E-state index in [4.69, 9.17) is 0 Å². The monoisotopic (exact) mass is 477 g/mol. The Balaban J connectivity index is 1.66. The van der Waals surface area contributed by atoms with E-state index in [0.29, 0.717) is 26.2 Å². The Morgan fingerprint density at radius 3 is 2.74 bits per heavy atom. The van der Waals surface area contributed by atoms with Crippen LogP contribution in [0.5, 0.6) is 0 Å². The molecular weight excluding hydrogens is 438 g/mol. The predicted octanol–water partition coefficient (Wildman–Crippen LogP) is 3.84. The lowest BCUT2D eigenvalue weighted by atomic mass is 9.71. The van der Waals surface area contributed by atoms with Crippen molar-refractivity contribution in [2.24, 2.45) is 5.92 Å². The zero-order valence-electron chi connectivity index (χ0n) is 21.3. The Kier molecular flexibility index (Phi) is 7.77. The van der Waals surface area contributed by atoms with Gasteiger partial charge in [0, 0.05) is 54.7 Å². The molecule has 1 aromatic carbocycles. The predicted molar refractivity (Wildman–Crippen MR) is 142 cm³/mol. The highest BCUT2D eigenvalue weighted by atomic mass is 16.2. The van der Waals surface area contributed by atoms with E-state index >= 15 is 0 Å². The maximum Gasteiger partial charge on any atom is 0.324 e. The maximum atomic E-state index is 13.8. The summed E-state index contributed by atoms with van der Waals surface area (Å²) in [5.41, 5.74) is 4.83. The molecule has 0 spiro atoms. The van der Waals surface area contributed by atoms with Crippen LogP contribution < -0.4 is 5.32 Å². The van der Waals surface area contributed by atoms with Gasteiger partial charge in [-0.15, -0.1) is 6.58 Å². The Bertz CT molecular complexity index is 1100. The molecule has 1 aromatic heterocycles. The van der Waals surface area contributed by atoms with Gasteiger partial charge in [-0.2, -0.15) is 0 Å². The number of carbonyl (C=O) groups is 2. The van der Waals surface area contributed by atoms with Crippen molar-refractivity contribution in [2.75, 3.05) is 46.8 Å². The van der Waals surface area contributed by atoms with Gasteiger partial charge in [0.15, 0.2) is 0 Å². The fourth-order valence-corrected chi connectivity index (χ4v) is 5.97. The molecule has 1 aliphatic carbocycles. The van der Waals surface area contributed by atoms with Crippen molar-refractivity contribution < 1.29 is 9.59 Å². The SMILES string of the molecule is C=CCN1CC(C(=O)N(CCCN(C)C)C(=O)NCC)C[C@@H]2c3cccc4[nH]c(C=C)c(c34)C[C@H]21. The number of H-pyrrole nitrogens is 1. The molecule has 4 rings (SSSR count). The van der Waals surface area contributed by atoms with Crippen molar-refractivity contribution in [3.63, 3.8) is 0 Å². The zero-order chi connectivity index (χ0) is 25.1. The third-order valence-electron chi connectivity index (χ3n) is 7.48. The summed E-state index contributed by atoms with van der Waals surface area (Å²) in [6, 6.07) is 6.42. The van der Waals surface area contributed by atoms with E-state index in [-0.39, 0.29) is 29.8 Å². The van der Waals surface area contributed by atoms with Crippen molar-refractivity contribution in [3.8, 4) is 0 Å². The third kappa shape index (κ3) is 4.93. The number of urea groups is 1. The first-order valence-corrected chi connectivity index (χ1v) is 12.7. The summed E-state index contributed by atoms with van der Waals surface area (Å²) in [4.78, 5) is 36.2. The molecule has 2 heterocycles. The molecule has 7 heteroatoms. The van der Waals surface area contributed by atoms with E-state index in [1.807, 2.05) is 33.2 Å². The van der Waals surface area contributed by atoms with Gasteiger partial charge in [0.05, 0.1) is 5.92 Å². The molecule has 2 aromatic rings. The summed E-state index contributed by atoms with van der Waals surface area (Å²) in [7, 11) is 4.01. The van der Waals surface area contributed by atoms with Crippen LogP contribution >= 0.6 is 0 Å². The van der Waals surface area contributed by atoms with E-state index in [0.717, 1.165) is 37.0 Å². The van der Waals surface area contributed by atoms with Crippen molar-refractivity contribution in [1.29, 1.82) is 0 Å². The van der Waals surface area contributed by atoms with Gasteiger partial charge in [0.2, 0.25) is 5.91 Å². The van der Waals surface area contributed by atoms with Crippen LogP contribution in [0.4, 0.5) is 4.79 Å². The number of hydrogen-bond acceptors (Lipinski definition) is 4. The van der Waals surface area contributed by atoms with E-state index in [1.165, 1.54) is 21.4 Å². The standard InChI is InChI=1S/C28H39N5O2/c1-6-13-32-18-19(27(34)33(28(35)29-8-3)15-10-14-31(4)5)16-21-20-11-9-12-24-26(20)22(17-25(21)32)23(7-2)30-24/h6-7,9,11-12,19,21,25,30H,1-2,8,10,13-18H2,3-5H3,(H,29,35)/t19?,21-,25-/m1/s1. The average molecular weight is 478 g/mol. The van der Waals surface area contributed by atoms with Crippen LogP contribution in [0.3, 0.4) is 0 Å². The van der Waals surface area contributed by atoms with Gasteiger partial charge in [-0.3, -0.25) is 14.6 Å². The van der Waals surface area contributed by atoms with Gasteiger partial charge in [0.1, 0.15) is 0 Å². The molecule has 3 amide bonds. The quantitative estimate of drug-likeness (QED) is 0.539. The third-order valence-corrected chi connectivity index (χ3v) is 7.48. The number of nitrogens with zero attached hydrogens (tertiary/aromatic N) is 3. The first-order chi connectivity index (χ1) is 16.9. The van der Waals surface area contributed by atoms with Gasteiger partial charge in [0.25, 0.3) is 0 Å². The number of aromatic nitrogens is 1. The first-order valence-electron chi connectivity index (χ1n) is 12.7. The highest BCUT2D eigenvalue weighted by Gasteiger charge is 2.44. The Hall–Kier alpha value is -2.90. The average Bonchev–Trinajstić information content (AvgIpc) is 3.20. The molecule has 188 valence electrons. The molecule has 0 saturated carbocycles. The highest BCUT2D eigenvalue weighted by Crippen LogP contribution is 2.46. The zero-order valence-corrected chi connectivity index (χ0v) is 21.3. The fourth-order valence-electron chi connectivity index (χ4n) is 5.97. The number of piperidine rings is 1. The number of carbonyl (C=O) groups excluding carboxylic acids is 2. The second-order valence-corrected chi connectivity index (χ2v) is 10.0. The highest BCUT2D eigenvalue weighted by molar-refractivity contribution is 5.96. The molecule has 7 nitrogen and oxygen atoms in total. The van der Waals surface area contributed by atoms with Crippen LogP contribution in [0.2, 0.25) is 0 Å². The number of benzene rings is 1. The van der Waals surface area contributed by atoms with Crippen LogP contribution in [0.1, 0.15) is 42.5 Å². The van der Waals surface area contributed by atoms with Crippen LogP contribution in [-0.2, 0) is 11.2 Å². The normalized spacial score (nSPS) is 21.5. The minimum absolute atomic E-state index is 0.0685. The number of likely N-dealkylation sites (tertiary alicyclic amines) is 1. The van der Waals surface area contributed by atoms with Crippen LogP contribution in [0.25, 0.3) is 17.0 Å². The topological polar surface area (TPSA) is 71.7 Å². The van der Waals surface area contributed by atoms with Crippen molar-refractivity contribution in [2.45, 2.75) is 38.1 Å². The largest absolute Gasteiger partial charge is 0.355 e. The molecular formula is C28H39N5O2. The number of amides is 3. The molecule has 2 aliphatic rings. The van der Waals surface area contributed by atoms with Crippen LogP contribution in [0, 0.1) is 5.92 Å². The number of nitrogens with one attached hydrogen (secondary N) is 2. The fraction of sp³-hybridized carbons (Fsp3) is 0.500. The number of imide groups is 1. The summed E-state index contributed by atoms with van der Waals surface area (Å²) >= 11 is 0.